The number of pyridine rings is 1. The summed E-state index contributed by atoms with van der Waals surface area (Å²) in [7, 11) is -3.73. The van der Waals surface area contributed by atoms with E-state index in [2.05, 4.69) is 19.4 Å². The van der Waals surface area contributed by atoms with Crippen molar-refractivity contribution in [3.8, 4) is 11.3 Å². The van der Waals surface area contributed by atoms with Gasteiger partial charge >= 0.3 is 0 Å². The van der Waals surface area contributed by atoms with Gasteiger partial charge in [-0.3, -0.25) is 4.72 Å². The van der Waals surface area contributed by atoms with Crippen molar-refractivity contribution < 1.29 is 12.9 Å². The molecule has 3 aromatic heterocycles. The number of imidazole rings is 1. The first-order chi connectivity index (χ1) is 11.6. The molecule has 1 aromatic carbocycles. The average molecular weight is 340 g/mol. The monoisotopic (exact) mass is 340 g/mol. The third kappa shape index (κ3) is 2.63. The Balaban J connectivity index is 1.69. The summed E-state index contributed by atoms with van der Waals surface area (Å²) in [4.78, 5) is 4.50. The molecule has 0 unspecified atom stereocenters. The number of nitrogens with zero attached hydrogens (tertiary/aromatic N) is 3. The maximum atomic E-state index is 12.2. The van der Waals surface area contributed by atoms with Crippen LogP contribution in [0.3, 0.4) is 0 Å². The normalized spacial score (nSPS) is 11.7. The van der Waals surface area contributed by atoms with Gasteiger partial charge < -0.3 is 8.92 Å². The molecule has 4 aromatic rings. The Morgan fingerprint density at radius 1 is 1.12 bits per heavy atom. The molecule has 8 heteroatoms. The molecule has 1 N–H and O–H groups in total. The van der Waals surface area contributed by atoms with Crippen molar-refractivity contribution in [2.75, 3.05) is 4.72 Å². The Hall–Kier alpha value is -3.13. The standard InChI is InChI=1S/C16H12N4O3S/c21-24(22,14-9-17-23-11-14)19-13-5-3-4-12(8-13)15-10-20-7-2-1-6-16(20)18-15/h1-11,19H. The van der Waals surface area contributed by atoms with Crippen LogP contribution in [0.1, 0.15) is 0 Å². The highest BCUT2D eigenvalue weighted by Gasteiger charge is 2.16. The third-order valence-corrected chi connectivity index (χ3v) is 4.82. The largest absolute Gasteiger partial charge is 0.363 e. The molecule has 0 amide bonds. The molecule has 24 heavy (non-hydrogen) atoms. The minimum absolute atomic E-state index is 0.0272. The molecule has 0 saturated heterocycles. The van der Waals surface area contributed by atoms with Gasteiger partial charge in [-0.2, -0.15) is 0 Å². The van der Waals surface area contributed by atoms with Crippen LogP contribution in [0.4, 0.5) is 5.69 Å². The van der Waals surface area contributed by atoms with Crippen LogP contribution < -0.4 is 4.72 Å². The summed E-state index contributed by atoms with van der Waals surface area (Å²) in [5.41, 5.74) is 2.82. The van der Waals surface area contributed by atoms with Crippen molar-refractivity contribution in [1.82, 2.24) is 14.5 Å². The fourth-order valence-electron chi connectivity index (χ4n) is 2.36. The van der Waals surface area contributed by atoms with Crippen molar-refractivity contribution >= 4 is 21.4 Å². The molecule has 3 heterocycles. The Morgan fingerprint density at radius 2 is 2.04 bits per heavy atom. The lowest BCUT2D eigenvalue weighted by Crippen LogP contribution is -2.12. The highest BCUT2D eigenvalue weighted by atomic mass is 32.2. The molecular formula is C16H12N4O3S. The van der Waals surface area contributed by atoms with E-state index in [9.17, 15) is 8.42 Å². The van der Waals surface area contributed by atoms with Gasteiger partial charge in [0.2, 0.25) is 0 Å². The highest BCUT2D eigenvalue weighted by Crippen LogP contribution is 2.24. The minimum Gasteiger partial charge on any atom is -0.363 e. The van der Waals surface area contributed by atoms with E-state index < -0.39 is 10.0 Å². The van der Waals surface area contributed by atoms with Crippen LogP contribution >= 0.6 is 0 Å². The van der Waals surface area contributed by atoms with Gasteiger partial charge in [-0.05, 0) is 24.3 Å². The summed E-state index contributed by atoms with van der Waals surface area (Å²) in [5.74, 6) is 0. The van der Waals surface area contributed by atoms with Gasteiger partial charge in [0.1, 0.15) is 16.8 Å². The van der Waals surface area contributed by atoms with Crippen LogP contribution in [0.2, 0.25) is 0 Å². The molecule has 0 spiro atoms. The number of hydrogen-bond acceptors (Lipinski definition) is 5. The number of fused-ring (bicyclic) bond motifs is 1. The van der Waals surface area contributed by atoms with Crippen LogP contribution in [0.5, 0.6) is 0 Å². The second kappa shape index (κ2) is 5.50. The second-order valence-corrected chi connectivity index (χ2v) is 6.82. The smallest absolute Gasteiger partial charge is 0.266 e. The fraction of sp³-hybridized carbons (Fsp3) is 0. The van der Waals surface area contributed by atoms with E-state index in [0.29, 0.717) is 5.69 Å². The summed E-state index contributed by atoms with van der Waals surface area (Å²) in [5, 5.41) is 3.41. The van der Waals surface area contributed by atoms with Crippen LogP contribution in [0.25, 0.3) is 16.9 Å². The van der Waals surface area contributed by atoms with Gasteiger partial charge in [0.15, 0.2) is 0 Å². The van der Waals surface area contributed by atoms with E-state index in [4.69, 9.17) is 0 Å². The number of sulfonamides is 1. The maximum absolute atomic E-state index is 12.2. The first-order valence-corrected chi connectivity index (χ1v) is 8.56. The number of rotatable bonds is 4. The molecule has 120 valence electrons. The lowest BCUT2D eigenvalue weighted by molar-refractivity contribution is 0.417. The van der Waals surface area contributed by atoms with Crippen molar-refractivity contribution in [1.29, 1.82) is 0 Å². The Kier molecular flexibility index (Phi) is 3.31. The van der Waals surface area contributed by atoms with E-state index in [1.165, 1.54) is 0 Å². The minimum atomic E-state index is -3.73. The van der Waals surface area contributed by atoms with Crippen LogP contribution in [0, 0.1) is 0 Å². The van der Waals surface area contributed by atoms with Gasteiger partial charge in [-0.25, -0.2) is 13.4 Å². The average Bonchev–Trinajstić information content (AvgIpc) is 3.24. The Morgan fingerprint density at radius 3 is 2.83 bits per heavy atom. The van der Waals surface area contributed by atoms with E-state index in [0.717, 1.165) is 29.4 Å². The number of aromatic nitrogens is 3. The van der Waals surface area contributed by atoms with Crippen molar-refractivity contribution in [2.45, 2.75) is 4.90 Å². The Labute approximate surface area is 137 Å². The summed E-state index contributed by atoms with van der Waals surface area (Å²) in [6, 6.07) is 12.8. The summed E-state index contributed by atoms with van der Waals surface area (Å²) in [6.45, 7) is 0. The van der Waals surface area contributed by atoms with Gasteiger partial charge in [-0.1, -0.05) is 23.4 Å². The first-order valence-electron chi connectivity index (χ1n) is 7.08. The SMILES string of the molecule is O=S(=O)(Nc1cccc(-c2cn3ccccc3n2)c1)c1cnoc1. The molecule has 0 aliphatic heterocycles. The lowest BCUT2D eigenvalue weighted by Gasteiger charge is -2.06. The molecule has 0 atom stereocenters. The van der Waals surface area contributed by atoms with E-state index in [1.807, 2.05) is 41.1 Å². The number of anilines is 1. The molecule has 0 aliphatic rings. The van der Waals surface area contributed by atoms with Gasteiger partial charge in [0.05, 0.1) is 11.9 Å². The van der Waals surface area contributed by atoms with Crippen molar-refractivity contribution in [2.24, 2.45) is 0 Å². The zero-order valence-electron chi connectivity index (χ0n) is 12.3. The maximum Gasteiger partial charge on any atom is 0.266 e. The molecule has 0 fully saturated rings. The molecule has 0 aliphatic carbocycles. The van der Waals surface area contributed by atoms with E-state index in [1.54, 1.807) is 18.2 Å². The quantitative estimate of drug-likeness (QED) is 0.617. The summed E-state index contributed by atoms with van der Waals surface area (Å²) < 4.78 is 33.4. The fourth-order valence-corrected chi connectivity index (χ4v) is 3.26. The second-order valence-electron chi connectivity index (χ2n) is 5.14. The summed E-state index contributed by atoms with van der Waals surface area (Å²) in [6.07, 6.45) is 6.02. The molecule has 0 radical (unpaired) electrons. The van der Waals surface area contributed by atoms with E-state index in [-0.39, 0.29) is 4.90 Å². The predicted molar refractivity (Wildman–Crippen MR) is 87.9 cm³/mol. The highest BCUT2D eigenvalue weighted by molar-refractivity contribution is 7.92. The van der Waals surface area contributed by atoms with Crippen LogP contribution in [-0.4, -0.2) is 23.0 Å². The lowest BCUT2D eigenvalue weighted by atomic mass is 10.1. The van der Waals surface area contributed by atoms with Crippen molar-refractivity contribution in [3.63, 3.8) is 0 Å². The third-order valence-electron chi connectivity index (χ3n) is 3.49. The van der Waals surface area contributed by atoms with E-state index >= 15 is 0 Å². The van der Waals surface area contributed by atoms with Crippen LogP contribution in [-0.2, 0) is 10.0 Å². The molecule has 0 saturated carbocycles. The Bertz CT molecular complexity index is 1070. The number of nitrogens with one attached hydrogen (secondary N) is 1. The van der Waals surface area contributed by atoms with Gasteiger partial charge in [0, 0.05) is 23.6 Å². The number of hydrogen-bond donors (Lipinski definition) is 1. The van der Waals surface area contributed by atoms with Crippen LogP contribution in [0.15, 0.2) is 76.7 Å². The van der Waals surface area contributed by atoms with Gasteiger partial charge in [-0.15, -0.1) is 0 Å². The molecule has 4 rings (SSSR count). The molecule has 7 nitrogen and oxygen atoms in total. The molecular weight excluding hydrogens is 328 g/mol. The topological polar surface area (TPSA) is 89.5 Å². The molecule has 0 bridgehead atoms. The zero-order chi connectivity index (χ0) is 16.6. The van der Waals surface area contributed by atoms with Gasteiger partial charge in [0.25, 0.3) is 10.0 Å². The predicted octanol–water partition coefficient (Wildman–Crippen LogP) is 2.79. The summed E-state index contributed by atoms with van der Waals surface area (Å²) >= 11 is 0. The van der Waals surface area contributed by atoms with Crippen molar-refractivity contribution in [3.05, 3.63) is 67.3 Å². The first kappa shape index (κ1) is 14.5. The number of benzene rings is 1. The zero-order valence-corrected chi connectivity index (χ0v) is 13.1.